The second kappa shape index (κ2) is 6.33. The van der Waals surface area contributed by atoms with Crippen LogP contribution in [-0.2, 0) is 6.42 Å². The Morgan fingerprint density at radius 1 is 1.40 bits per heavy atom. The van der Waals surface area contributed by atoms with Gasteiger partial charge in [-0.2, -0.15) is 4.98 Å². The van der Waals surface area contributed by atoms with Gasteiger partial charge in [0.25, 0.3) is 0 Å². The van der Waals surface area contributed by atoms with Gasteiger partial charge in [0.2, 0.25) is 11.7 Å². The molecule has 1 aromatic heterocycles. The summed E-state index contributed by atoms with van der Waals surface area (Å²) in [6.07, 6.45) is 0.459. The average Bonchev–Trinajstić information content (AvgIpc) is 2.80. The van der Waals surface area contributed by atoms with Crippen molar-refractivity contribution in [2.24, 2.45) is 5.92 Å². The zero-order chi connectivity index (χ0) is 14.7. The molecule has 0 aliphatic carbocycles. The first kappa shape index (κ1) is 14.9. The minimum atomic E-state index is -0.514. The summed E-state index contributed by atoms with van der Waals surface area (Å²) >= 11 is 5.71. The van der Waals surface area contributed by atoms with E-state index >= 15 is 0 Å². The van der Waals surface area contributed by atoms with Crippen molar-refractivity contribution in [2.75, 3.05) is 0 Å². The Morgan fingerprint density at radius 3 is 2.80 bits per heavy atom. The van der Waals surface area contributed by atoms with Crippen LogP contribution < -0.4 is 0 Å². The van der Waals surface area contributed by atoms with E-state index in [1.54, 1.807) is 0 Å². The molecule has 20 heavy (non-hydrogen) atoms. The van der Waals surface area contributed by atoms with Crippen LogP contribution in [0.15, 0.2) is 22.7 Å². The molecule has 1 aromatic carbocycles. The van der Waals surface area contributed by atoms with Crippen LogP contribution in [0.1, 0.15) is 26.2 Å². The standard InChI is InChI=1S/C14H16ClFN2O2/c1-8(2)5-10(19)7-13-17-14(18-20-13)9-3-4-12(16)11(15)6-9/h3-4,6,8,10,19H,5,7H2,1-2H3. The van der Waals surface area contributed by atoms with E-state index in [2.05, 4.69) is 10.1 Å². The number of hydrogen-bond donors (Lipinski definition) is 1. The Kier molecular flexibility index (Phi) is 4.73. The number of nitrogens with zero attached hydrogens (tertiary/aromatic N) is 2. The SMILES string of the molecule is CC(C)CC(O)Cc1nc(-c2ccc(F)c(Cl)c2)no1. The monoisotopic (exact) mass is 298 g/mol. The topological polar surface area (TPSA) is 59.2 Å². The molecular formula is C14H16ClFN2O2. The van der Waals surface area contributed by atoms with E-state index in [9.17, 15) is 9.50 Å². The molecule has 4 nitrogen and oxygen atoms in total. The van der Waals surface area contributed by atoms with Gasteiger partial charge in [0.15, 0.2) is 0 Å². The van der Waals surface area contributed by atoms with Gasteiger partial charge in [-0.05, 0) is 30.5 Å². The van der Waals surface area contributed by atoms with Gasteiger partial charge in [0.1, 0.15) is 5.82 Å². The number of rotatable bonds is 5. The molecular weight excluding hydrogens is 283 g/mol. The molecule has 108 valence electrons. The Hall–Kier alpha value is -1.46. The number of hydrogen-bond acceptors (Lipinski definition) is 4. The maximum Gasteiger partial charge on any atom is 0.229 e. The molecule has 0 saturated carbocycles. The predicted octanol–water partition coefficient (Wildman–Crippen LogP) is 3.48. The number of benzene rings is 1. The van der Waals surface area contributed by atoms with Crippen LogP contribution in [0.25, 0.3) is 11.4 Å². The van der Waals surface area contributed by atoms with Crippen LogP contribution in [0.5, 0.6) is 0 Å². The Balaban J connectivity index is 2.10. The maximum atomic E-state index is 13.1. The lowest BCUT2D eigenvalue weighted by molar-refractivity contribution is 0.138. The van der Waals surface area contributed by atoms with Crippen LogP contribution in [0.3, 0.4) is 0 Å². The van der Waals surface area contributed by atoms with Gasteiger partial charge in [-0.1, -0.05) is 30.6 Å². The second-order valence-electron chi connectivity index (χ2n) is 5.13. The van der Waals surface area contributed by atoms with Gasteiger partial charge in [0.05, 0.1) is 17.5 Å². The normalized spacial score (nSPS) is 12.9. The number of aromatic nitrogens is 2. The maximum absolute atomic E-state index is 13.1. The highest BCUT2D eigenvalue weighted by molar-refractivity contribution is 6.31. The molecule has 0 saturated heterocycles. The first-order chi connectivity index (χ1) is 9.45. The molecule has 2 aromatic rings. The van der Waals surface area contributed by atoms with Crippen molar-refractivity contribution in [3.63, 3.8) is 0 Å². The number of aliphatic hydroxyl groups is 1. The van der Waals surface area contributed by atoms with Gasteiger partial charge in [-0.3, -0.25) is 0 Å². The number of aliphatic hydroxyl groups excluding tert-OH is 1. The van der Waals surface area contributed by atoms with Crippen molar-refractivity contribution in [1.29, 1.82) is 0 Å². The summed E-state index contributed by atoms with van der Waals surface area (Å²) in [5.41, 5.74) is 0.574. The largest absolute Gasteiger partial charge is 0.393 e. The third-order valence-corrected chi connectivity index (χ3v) is 3.09. The van der Waals surface area contributed by atoms with Crippen molar-refractivity contribution in [3.8, 4) is 11.4 Å². The lowest BCUT2D eigenvalue weighted by Gasteiger charge is -2.09. The molecule has 0 amide bonds. The summed E-state index contributed by atoms with van der Waals surface area (Å²) in [4.78, 5) is 4.18. The molecule has 0 aliphatic heterocycles. The molecule has 1 N–H and O–H groups in total. The highest BCUT2D eigenvalue weighted by atomic mass is 35.5. The zero-order valence-corrected chi connectivity index (χ0v) is 12.1. The number of halogens is 2. The minimum absolute atomic E-state index is 0.00805. The minimum Gasteiger partial charge on any atom is -0.393 e. The van der Waals surface area contributed by atoms with Crippen molar-refractivity contribution < 1.29 is 14.0 Å². The van der Waals surface area contributed by atoms with Gasteiger partial charge >= 0.3 is 0 Å². The summed E-state index contributed by atoms with van der Waals surface area (Å²) in [7, 11) is 0. The predicted molar refractivity (Wildman–Crippen MR) is 73.9 cm³/mol. The summed E-state index contributed by atoms with van der Waals surface area (Å²) in [5.74, 6) is 0.585. The van der Waals surface area contributed by atoms with E-state index in [4.69, 9.17) is 16.1 Å². The lowest BCUT2D eigenvalue weighted by Crippen LogP contribution is -2.13. The van der Waals surface area contributed by atoms with Gasteiger partial charge in [-0.15, -0.1) is 0 Å². The van der Waals surface area contributed by atoms with Gasteiger partial charge in [-0.25, -0.2) is 4.39 Å². The van der Waals surface area contributed by atoms with E-state index < -0.39 is 11.9 Å². The molecule has 0 fully saturated rings. The molecule has 0 aliphatic rings. The third-order valence-electron chi connectivity index (χ3n) is 2.80. The van der Waals surface area contributed by atoms with Crippen molar-refractivity contribution >= 4 is 11.6 Å². The average molecular weight is 299 g/mol. The van der Waals surface area contributed by atoms with Crippen molar-refractivity contribution in [3.05, 3.63) is 34.9 Å². The Labute approximate surface area is 121 Å². The fourth-order valence-electron chi connectivity index (χ4n) is 1.92. The molecule has 0 bridgehead atoms. The van der Waals surface area contributed by atoms with Gasteiger partial charge < -0.3 is 9.63 Å². The highest BCUT2D eigenvalue weighted by Crippen LogP contribution is 2.23. The molecule has 1 unspecified atom stereocenters. The molecule has 6 heteroatoms. The molecule has 1 atom stereocenters. The van der Waals surface area contributed by atoms with Crippen LogP contribution in [0.4, 0.5) is 4.39 Å². The second-order valence-corrected chi connectivity index (χ2v) is 5.54. The van der Waals surface area contributed by atoms with Gasteiger partial charge in [0, 0.05) is 5.56 Å². The summed E-state index contributed by atoms with van der Waals surface area (Å²) < 4.78 is 18.2. The molecule has 0 radical (unpaired) electrons. The van der Waals surface area contributed by atoms with E-state index in [1.807, 2.05) is 13.8 Å². The van der Waals surface area contributed by atoms with E-state index in [-0.39, 0.29) is 5.02 Å². The first-order valence-electron chi connectivity index (χ1n) is 6.41. The molecule has 0 spiro atoms. The Morgan fingerprint density at radius 2 is 2.15 bits per heavy atom. The summed E-state index contributed by atoms with van der Waals surface area (Å²) in [6.45, 7) is 4.06. The molecule has 2 rings (SSSR count). The van der Waals surface area contributed by atoms with Crippen LogP contribution in [-0.4, -0.2) is 21.4 Å². The lowest BCUT2D eigenvalue weighted by atomic mass is 10.0. The highest BCUT2D eigenvalue weighted by Gasteiger charge is 2.15. The van der Waals surface area contributed by atoms with E-state index in [0.29, 0.717) is 36.0 Å². The summed E-state index contributed by atoms with van der Waals surface area (Å²) in [5, 5.41) is 13.7. The molecule has 1 heterocycles. The van der Waals surface area contributed by atoms with E-state index in [1.165, 1.54) is 18.2 Å². The Bertz CT molecular complexity index is 586. The van der Waals surface area contributed by atoms with Crippen LogP contribution in [0.2, 0.25) is 5.02 Å². The zero-order valence-electron chi connectivity index (χ0n) is 11.3. The fourth-order valence-corrected chi connectivity index (χ4v) is 2.10. The van der Waals surface area contributed by atoms with Crippen molar-refractivity contribution in [1.82, 2.24) is 10.1 Å². The van der Waals surface area contributed by atoms with E-state index in [0.717, 1.165) is 0 Å². The summed E-state index contributed by atoms with van der Waals surface area (Å²) in [6, 6.07) is 4.22. The third kappa shape index (κ3) is 3.77. The van der Waals surface area contributed by atoms with Crippen LogP contribution in [0, 0.1) is 11.7 Å². The quantitative estimate of drug-likeness (QED) is 0.918. The first-order valence-corrected chi connectivity index (χ1v) is 6.79. The fraction of sp³-hybridized carbons (Fsp3) is 0.429. The smallest absolute Gasteiger partial charge is 0.229 e. The van der Waals surface area contributed by atoms with Crippen LogP contribution >= 0.6 is 11.6 Å². The van der Waals surface area contributed by atoms with Crippen molar-refractivity contribution in [2.45, 2.75) is 32.8 Å².